The van der Waals surface area contributed by atoms with Gasteiger partial charge in [-0.3, -0.25) is 4.79 Å². The van der Waals surface area contributed by atoms with E-state index in [0.29, 0.717) is 16.8 Å². The Morgan fingerprint density at radius 3 is 2.43 bits per heavy atom. The summed E-state index contributed by atoms with van der Waals surface area (Å²) in [5.41, 5.74) is 2.34. The lowest BCUT2D eigenvalue weighted by molar-refractivity contribution is -0.112. The van der Waals surface area contributed by atoms with Crippen LogP contribution in [0, 0.1) is 11.3 Å². The molecule has 0 unspecified atom stereocenters. The van der Waals surface area contributed by atoms with Gasteiger partial charge in [0.2, 0.25) is 0 Å². The molecule has 140 valence electrons. The average Bonchev–Trinajstić information content (AvgIpc) is 2.69. The summed E-state index contributed by atoms with van der Waals surface area (Å²) in [4.78, 5) is 12.6. The summed E-state index contributed by atoms with van der Waals surface area (Å²) in [5, 5.41) is 26.7. The summed E-state index contributed by atoms with van der Waals surface area (Å²) in [6, 6.07) is 20.1. The lowest BCUT2D eigenvalue weighted by Crippen LogP contribution is -2.16. The highest BCUT2D eigenvalue weighted by atomic mass is 16.3. The van der Waals surface area contributed by atoms with Gasteiger partial charge < -0.3 is 15.7 Å². The number of rotatable bonds is 5. The molecule has 0 saturated carbocycles. The molecular formula is C23H21N3O2. The van der Waals surface area contributed by atoms with E-state index in [1.165, 1.54) is 6.20 Å². The number of nitrogens with zero attached hydrogens (tertiary/aromatic N) is 1. The second kappa shape index (κ2) is 8.28. The number of phenols is 1. The lowest BCUT2D eigenvalue weighted by atomic mass is 10.0. The smallest absolute Gasteiger partial charge is 0.267 e. The number of hydrogen-bond donors (Lipinski definition) is 3. The van der Waals surface area contributed by atoms with Crippen LogP contribution < -0.4 is 10.6 Å². The fraction of sp³-hybridized carbons (Fsp3) is 0.130. The summed E-state index contributed by atoms with van der Waals surface area (Å²) in [6.07, 6.45) is 1.38. The number of benzene rings is 3. The molecular weight excluding hydrogens is 350 g/mol. The van der Waals surface area contributed by atoms with Crippen molar-refractivity contribution in [3.05, 3.63) is 78.0 Å². The van der Waals surface area contributed by atoms with Crippen molar-refractivity contribution in [3.63, 3.8) is 0 Å². The number of carbonyl (C=O) groups is 1. The van der Waals surface area contributed by atoms with Gasteiger partial charge in [-0.05, 0) is 29.7 Å². The molecule has 28 heavy (non-hydrogen) atoms. The third-order valence-electron chi connectivity index (χ3n) is 4.47. The number of hydrogen-bond acceptors (Lipinski definition) is 4. The number of carbonyl (C=O) groups excluding carboxylic acids is 1. The van der Waals surface area contributed by atoms with Crippen LogP contribution in [-0.4, -0.2) is 11.0 Å². The van der Waals surface area contributed by atoms with Crippen molar-refractivity contribution in [1.29, 1.82) is 5.26 Å². The van der Waals surface area contributed by atoms with Gasteiger partial charge in [-0.15, -0.1) is 0 Å². The quantitative estimate of drug-likeness (QED) is 0.429. The Labute approximate surface area is 163 Å². The Bertz CT molecular complexity index is 1090. The maximum Gasteiger partial charge on any atom is 0.267 e. The first kappa shape index (κ1) is 19.0. The average molecular weight is 371 g/mol. The Hall–Kier alpha value is -3.78. The number of phenolic OH excluding ortho intramolecular Hbond substituents is 1. The largest absolute Gasteiger partial charge is 0.507 e. The maximum absolute atomic E-state index is 12.6. The van der Waals surface area contributed by atoms with Crippen LogP contribution in [0.3, 0.4) is 0 Å². The molecule has 0 atom stereocenters. The molecule has 0 saturated heterocycles. The Morgan fingerprint density at radius 1 is 1.00 bits per heavy atom. The number of anilines is 2. The van der Waals surface area contributed by atoms with E-state index < -0.39 is 5.91 Å². The van der Waals surface area contributed by atoms with E-state index in [1.807, 2.05) is 56.3 Å². The normalized spacial score (nSPS) is 11.3. The van der Waals surface area contributed by atoms with Crippen LogP contribution in [0.5, 0.6) is 5.75 Å². The van der Waals surface area contributed by atoms with Crippen LogP contribution in [0.4, 0.5) is 11.4 Å². The molecule has 0 bridgehead atoms. The van der Waals surface area contributed by atoms with Crippen molar-refractivity contribution in [2.45, 2.75) is 19.8 Å². The molecule has 0 radical (unpaired) electrons. The standard InChI is InChI=1S/C23H21N3O2/c1-15(2)17-7-3-4-10-21(17)26-23(28)16(13-24)14-25-20-11-5-9-19-18(20)8-6-12-22(19)27/h3-12,14-15,25,27H,1-2H3,(H,26,28)/b16-14-. The van der Waals surface area contributed by atoms with Crippen LogP contribution in [-0.2, 0) is 4.79 Å². The van der Waals surface area contributed by atoms with E-state index in [1.54, 1.807) is 24.3 Å². The van der Waals surface area contributed by atoms with Gasteiger partial charge in [0.05, 0.1) is 0 Å². The van der Waals surface area contributed by atoms with Gasteiger partial charge in [-0.2, -0.15) is 5.26 Å². The van der Waals surface area contributed by atoms with Gasteiger partial charge in [0, 0.05) is 28.3 Å². The van der Waals surface area contributed by atoms with E-state index in [9.17, 15) is 15.2 Å². The van der Waals surface area contributed by atoms with Gasteiger partial charge in [-0.25, -0.2) is 0 Å². The van der Waals surface area contributed by atoms with Crippen LogP contribution in [0.1, 0.15) is 25.3 Å². The molecule has 5 nitrogen and oxygen atoms in total. The molecule has 0 heterocycles. The van der Waals surface area contributed by atoms with Crippen LogP contribution >= 0.6 is 0 Å². The summed E-state index contributed by atoms with van der Waals surface area (Å²) in [5.74, 6) is -0.0626. The van der Waals surface area contributed by atoms with Gasteiger partial charge in [0.1, 0.15) is 17.4 Å². The zero-order valence-corrected chi connectivity index (χ0v) is 15.7. The molecule has 0 aliphatic rings. The molecule has 3 rings (SSSR count). The first-order valence-corrected chi connectivity index (χ1v) is 8.99. The van der Waals surface area contributed by atoms with E-state index in [-0.39, 0.29) is 17.2 Å². The zero-order chi connectivity index (χ0) is 20.1. The third kappa shape index (κ3) is 3.97. The van der Waals surface area contributed by atoms with Crippen molar-refractivity contribution in [3.8, 4) is 11.8 Å². The van der Waals surface area contributed by atoms with Crippen molar-refractivity contribution >= 4 is 28.1 Å². The highest BCUT2D eigenvalue weighted by Crippen LogP contribution is 2.30. The predicted octanol–water partition coefficient (Wildman–Crippen LogP) is 5.13. The molecule has 0 spiro atoms. The number of para-hydroxylation sites is 1. The number of fused-ring (bicyclic) bond motifs is 1. The SMILES string of the molecule is CC(C)c1ccccc1NC(=O)/C(C#N)=C\Nc1cccc2c(O)cccc12. The van der Waals surface area contributed by atoms with Crippen molar-refractivity contribution in [2.75, 3.05) is 10.6 Å². The Kier molecular flexibility index (Phi) is 5.61. The van der Waals surface area contributed by atoms with Crippen LogP contribution in [0.2, 0.25) is 0 Å². The molecule has 3 aromatic rings. The third-order valence-corrected chi connectivity index (χ3v) is 4.47. The summed E-state index contributed by atoms with van der Waals surface area (Å²) >= 11 is 0. The number of amides is 1. The molecule has 0 aliphatic heterocycles. The van der Waals surface area contributed by atoms with E-state index in [2.05, 4.69) is 10.6 Å². The van der Waals surface area contributed by atoms with E-state index >= 15 is 0 Å². The monoisotopic (exact) mass is 371 g/mol. The molecule has 3 aromatic carbocycles. The van der Waals surface area contributed by atoms with E-state index in [4.69, 9.17) is 0 Å². The molecule has 5 heteroatoms. The fourth-order valence-corrected chi connectivity index (χ4v) is 3.02. The number of nitriles is 1. The predicted molar refractivity (Wildman–Crippen MR) is 112 cm³/mol. The minimum absolute atomic E-state index is 0.0456. The Balaban J connectivity index is 1.85. The highest BCUT2D eigenvalue weighted by molar-refractivity contribution is 6.07. The number of nitrogens with one attached hydrogen (secondary N) is 2. The van der Waals surface area contributed by atoms with Gasteiger partial charge in [-0.1, -0.05) is 56.3 Å². The second-order valence-electron chi connectivity index (χ2n) is 6.69. The first-order valence-electron chi connectivity index (χ1n) is 8.99. The first-order chi connectivity index (χ1) is 13.5. The fourth-order valence-electron chi connectivity index (χ4n) is 3.02. The lowest BCUT2D eigenvalue weighted by Gasteiger charge is -2.13. The van der Waals surface area contributed by atoms with Crippen molar-refractivity contribution in [1.82, 2.24) is 0 Å². The maximum atomic E-state index is 12.6. The summed E-state index contributed by atoms with van der Waals surface area (Å²) in [6.45, 7) is 4.09. The minimum atomic E-state index is -0.480. The molecule has 0 aromatic heterocycles. The summed E-state index contributed by atoms with van der Waals surface area (Å²) < 4.78 is 0. The Morgan fingerprint density at radius 2 is 1.68 bits per heavy atom. The van der Waals surface area contributed by atoms with Crippen LogP contribution in [0.25, 0.3) is 10.8 Å². The molecule has 0 fully saturated rings. The van der Waals surface area contributed by atoms with Crippen molar-refractivity contribution in [2.24, 2.45) is 0 Å². The van der Waals surface area contributed by atoms with Crippen LogP contribution in [0.15, 0.2) is 72.4 Å². The highest BCUT2D eigenvalue weighted by Gasteiger charge is 2.13. The van der Waals surface area contributed by atoms with E-state index in [0.717, 1.165) is 10.9 Å². The van der Waals surface area contributed by atoms with Crippen molar-refractivity contribution < 1.29 is 9.90 Å². The molecule has 3 N–H and O–H groups in total. The van der Waals surface area contributed by atoms with Gasteiger partial charge in [0.15, 0.2) is 0 Å². The summed E-state index contributed by atoms with van der Waals surface area (Å²) in [7, 11) is 0. The van der Waals surface area contributed by atoms with Gasteiger partial charge in [0.25, 0.3) is 5.91 Å². The second-order valence-corrected chi connectivity index (χ2v) is 6.69. The number of aromatic hydroxyl groups is 1. The molecule has 1 amide bonds. The topological polar surface area (TPSA) is 85.2 Å². The molecule has 0 aliphatic carbocycles. The minimum Gasteiger partial charge on any atom is -0.507 e. The van der Waals surface area contributed by atoms with Gasteiger partial charge >= 0.3 is 0 Å². The zero-order valence-electron chi connectivity index (χ0n) is 15.7.